The molecule has 0 aliphatic carbocycles. The van der Waals surface area contributed by atoms with Gasteiger partial charge < -0.3 is 30.9 Å². The molecular weight excluding hydrogens is 537 g/mol. The topological polar surface area (TPSA) is 128 Å². The summed E-state index contributed by atoms with van der Waals surface area (Å²) in [6.45, 7) is 1.85. The molecule has 1 fully saturated rings. The Morgan fingerprint density at radius 1 is 1.10 bits per heavy atom. The Labute approximate surface area is 235 Å². The van der Waals surface area contributed by atoms with Crippen molar-refractivity contribution >= 4 is 57.0 Å². The molecule has 2 heterocycles. The lowest BCUT2D eigenvalue weighted by molar-refractivity contribution is -0.128. The summed E-state index contributed by atoms with van der Waals surface area (Å²) in [6.07, 6.45) is 0.199. The molecule has 1 aliphatic rings. The monoisotopic (exact) mass is 565 g/mol. The lowest BCUT2D eigenvalue weighted by Crippen LogP contribution is -2.50. The van der Waals surface area contributed by atoms with Crippen molar-refractivity contribution in [1.29, 1.82) is 0 Å². The third kappa shape index (κ3) is 5.24. The van der Waals surface area contributed by atoms with Gasteiger partial charge in [-0.2, -0.15) is 4.98 Å². The van der Waals surface area contributed by atoms with Crippen molar-refractivity contribution in [2.24, 2.45) is 5.73 Å². The average Bonchev–Trinajstić information content (AvgIpc) is 2.93. The highest BCUT2D eigenvalue weighted by molar-refractivity contribution is 6.35. The number of carbonyl (C=O) groups is 2. The standard InChI is InChI=1S/C28H29ClFN7O3/c1-35(2)22(39)7-8-32-28-33-25-20(26(34-28)36-9-11-37(12-10-36)27(31)40)15-21(29)23(24(25)30)19-14-17(38)13-16-5-3-4-6-18(16)19/h3-6,13-15,38H,7-12H2,1-2H3,(H2,31,40)(H,32,33,34). The van der Waals surface area contributed by atoms with E-state index in [1.165, 1.54) is 15.9 Å². The number of nitrogens with zero attached hydrogens (tertiary/aromatic N) is 5. The second-order valence-corrected chi connectivity index (χ2v) is 10.2. The number of aromatic nitrogens is 2. The van der Waals surface area contributed by atoms with Crippen molar-refractivity contribution in [3.05, 3.63) is 53.3 Å². The number of phenols is 1. The average molecular weight is 566 g/mol. The van der Waals surface area contributed by atoms with Gasteiger partial charge in [0.15, 0.2) is 5.82 Å². The number of phenolic OH excluding ortho intramolecular Hbond substituents is 1. The second kappa shape index (κ2) is 11.0. The smallest absolute Gasteiger partial charge is 0.314 e. The zero-order valence-corrected chi connectivity index (χ0v) is 22.9. The van der Waals surface area contributed by atoms with Crippen LogP contribution < -0.4 is 16.0 Å². The number of primary amides is 1. The zero-order chi connectivity index (χ0) is 28.6. The third-order valence-electron chi connectivity index (χ3n) is 6.99. The fraction of sp³-hybridized carbons (Fsp3) is 0.286. The first-order valence-electron chi connectivity index (χ1n) is 12.8. The number of anilines is 2. The van der Waals surface area contributed by atoms with Crippen molar-refractivity contribution in [2.75, 3.05) is 57.0 Å². The van der Waals surface area contributed by atoms with Gasteiger partial charge in [0.25, 0.3) is 0 Å². The summed E-state index contributed by atoms with van der Waals surface area (Å²) in [5, 5.41) is 15.4. The van der Waals surface area contributed by atoms with Gasteiger partial charge in [0, 0.05) is 64.2 Å². The van der Waals surface area contributed by atoms with Crippen molar-refractivity contribution in [1.82, 2.24) is 19.8 Å². The van der Waals surface area contributed by atoms with Crippen LogP contribution in [0, 0.1) is 5.82 Å². The summed E-state index contributed by atoms with van der Waals surface area (Å²) in [6, 6.07) is 11.5. The fourth-order valence-electron chi connectivity index (χ4n) is 4.89. The predicted octanol–water partition coefficient (Wildman–Crippen LogP) is 4.04. The fourth-order valence-corrected chi connectivity index (χ4v) is 5.19. The Morgan fingerprint density at radius 2 is 1.82 bits per heavy atom. The maximum Gasteiger partial charge on any atom is 0.314 e. The minimum atomic E-state index is -0.662. The lowest BCUT2D eigenvalue weighted by Gasteiger charge is -2.35. The summed E-state index contributed by atoms with van der Waals surface area (Å²) in [5.74, 6) is -0.159. The van der Waals surface area contributed by atoms with E-state index in [0.29, 0.717) is 42.9 Å². The molecule has 0 spiro atoms. The van der Waals surface area contributed by atoms with Crippen molar-refractivity contribution < 1.29 is 19.1 Å². The Balaban J connectivity index is 1.64. The summed E-state index contributed by atoms with van der Waals surface area (Å²) >= 11 is 6.74. The number of carbonyl (C=O) groups excluding carboxylic acids is 2. The van der Waals surface area contributed by atoms with E-state index in [-0.39, 0.29) is 46.7 Å². The minimum absolute atomic E-state index is 0.0205. The first-order chi connectivity index (χ1) is 19.1. The van der Waals surface area contributed by atoms with Crippen LogP contribution >= 0.6 is 11.6 Å². The van der Waals surface area contributed by atoms with Gasteiger partial charge in [0.2, 0.25) is 11.9 Å². The van der Waals surface area contributed by atoms with Crippen molar-refractivity contribution in [2.45, 2.75) is 6.42 Å². The normalized spacial score (nSPS) is 13.6. The van der Waals surface area contributed by atoms with Crippen LogP contribution in [0.25, 0.3) is 32.8 Å². The number of halogens is 2. The largest absolute Gasteiger partial charge is 0.508 e. The van der Waals surface area contributed by atoms with Gasteiger partial charge in [0.05, 0.1) is 5.02 Å². The van der Waals surface area contributed by atoms with Crippen LogP contribution in [0.15, 0.2) is 42.5 Å². The molecule has 0 bridgehead atoms. The summed E-state index contributed by atoms with van der Waals surface area (Å²) in [5.41, 5.74) is 6.02. The van der Waals surface area contributed by atoms with E-state index in [1.807, 2.05) is 29.2 Å². The van der Waals surface area contributed by atoms with E-state index in [2.05, 4.69) is 15.3 Å². The zero-order valence-electron chi connectivity index (χ0n) is 22.1. The Bertz CT molecular complexity index is 1620. The number of nitrogens with one attached hydrogen (secondary N) is 1. The number of rotatable bonds is 6. The number of amides is 3. The number of aromatic hydroxyl groups is 1. The molecule has 12 heteroatoms. The van der Waals surface area contributed by atoms with Crippen LogP contribution in [0.3, 0.4) is 0 Å². The van der Waals surface area contributed by atoms with Gasteiger partial charge in [-0.15, -0.1) is 0 Å². The molecule has 0 unspecified atom stereocenters. The van der Waals surface area contributed by atoms with E-state index in [1.54, 1.807) is 26.2 Å². The second-order valence-electron chi connectivity index (χ2n) is 9.81. The molecule has 5 rings (SSSR count). The van der Waals surface area contributed by atoms with Gasteiger partial charge in [-0.25, -0.2) is 14.2 Å². The van der Waals surface area contributed by atoms with E-state index in [4.69, 9.17) is 17.3 Å². The van der Waals surface area contributed by atoms with Gasteiger partial charge in [-0.3, -0.25) is 4.79 Å². The maximum atomic E-state index is 16.5. The Hall–Kier alpha value is -4.38. The maximum absolute atomic E-state index is 16.5. The Kier molecular flexibility index (Phi) is 7.49. The molecule has 1 aliphatic heterocycles. The van der Waals surface area contributed by atoms with Crippen LogP contribution in [-0.4, -0.2) is 83.6 Å². The lowest BCUT2D eigenvalue weighted by atomic mass is 9.96. The molecular formula is C28H29ClFN7O3. The highest BCUT2D eigenvalue weighted by Gasteiger charge is 2.26. The summed E-state index contributed by atoms with van der Waals surface area (Å²) in [7, 11) is 3.34. The first kappa shape index (κ1) is 27.2. The number of benzene rings is 3. The van der Waals surface area contributed by atoms with Gasteiger partial charge in [0.1, 0.15) is 17.1 Å². The molecule has 1 saturated heterocycles. The van der Waals surface area contributed by atoms with Crippen LogP contribution in [0.1, 0.15) is 6.42 Å². The van der Waals surface area contributed by atoms with E-state index in [9.17, 15) is 14.7 Å². The van der Waals surface area contributed by atoms with Crippen LogP contribution in [0.4, 0.5) is 21.0 Å². The Morgan fingerprint density at radius 3 is 2.52 bits per heavy atom. The van der Waals surface area contributed by atoms with Gasteiger partial charge in [-0.05, 0) is 34.5 Å². The number of piperazine rings is 1. The van der Waals surface area contributed by atoms with Crippen molar-refractivity contribution in [3.63, 3.8) is 0 Å². The summed E-state index contributed by atoms with van der Waals surface area (Å²) < 4.78 is 16.5. The third-order valence-corrected chi connectivity index (χ3v) is 7.29. The van der Waals surface area contributed by atoms with E-state index >= 15 is 4.39 Å². The van der Waals surface area contributed by atoms with Gasteiger partial charge >= 0.3 is 6.03 Å². The SMILES string of the molecule is CN(C)C(=O)CCNc1nc(N2CCN(C(N)=O)CC2)c2cc(Cl)c(-c3cc(O)cc4ccccc34)c(F)c2n1. The molecule has 0 saturated carbocycles. The number of urea groups is 1. The summed E-state index contributed by atoms with van der Waals surface area (Å²) in [4.78, 5) is 37.8. The number of hydrogen-bond donors (Lipinski definition) is 3. The molecule has 40 heavy (non-hydrogen) atoms. The van der Waals surface area contributed by atoms with Crippen molar-refractivity contribution in [3.8, 4) is 16.9 Å². The number of fused-ring (bicyclic) bond motifs is 2. The molecule has 1 aromatic heterocycles. The van der Waals surface area contributed by atoms with Gasteiger partial charge in [-0.1, -0.05) is 35.9 Å². The van der Waals surface area contributed by atoms with Crippen LogP contribution in [0.5, 0.6) is 5.75 Å². The highest BCUT2D eigenvalue weighted by atomic mass is 35.5. The van der Waals surface area contributed by atoms with E-state index in [0.717, 1.165) is 10.8 Å². The first-order valence-corrected chi connectivity index (χ1v) is 13.2. The highest BCUT2D eigenvalue weighted by Crippen LogP contribution is 2.42. The molecule has 0 atom stereocenters. The molecule has 4 aromatic rings. The molecule has 10 nitrogen and oxygen atoms in total. The molecule has 4 N–H and O–H groups in total. The van der Waals surface area contributed by atoms with Crippen LogP contribution in [-0.2, 0) is 4.79 Å². The predicted molar refractivity (Wildman–Crippen MR) is 154 cm³/mol. The minimum Gasteiger partial charge on any atom is -0.508 e. The molecule has 208 valence electrons. The molecule has 0 radical (unpaired) electrons. The van der Waals surface area contributed by atoms with E-state index < -0.39 is 11.8 Å². The van der Waals surface area contributed by atoms with Crippen LogP contribution in [0.2, 0.25) is 5.02 Å². The number of hydrogen-bond acceptors (Lipinski definition) is 7. The quantitative estimate of drug-likeness (QED) is 0.322. The number of nitrogens with two attached hydrogens (primary N) is 1. The molecule has 3 amide bonds. The molecule has 3 aromatic carbocycles.